The van der Waals surface area contributed by atoms with Gasteiger partial charge in [-0.2, -0.15) is 4.98 Å². The molecular weight excluding hydrogens is 228 g/mol. The second-order valence-corrected chi connectivity index (χ2v) is 4.04. The van der Waals surface area contributed by atoms with E-state index in [1.807, 2.05) is 31.2 Å². The summed E-state index contributed by atoms with van der Waals surface area (Å²) in [6, 6.07) is 9.10. The van der Waals surface area contributed by atoms with Crippen LogP contribution in [-0.4, -0.2) is 21.7 Å². The van der Waals surface area contributed by atoms with E-state index in [4.69, 9.17) is 4.74 Å². The standard InChI is InChI=1S/C14H16N2O2/c1-3-8-18-12-7-5-4-6-11(12)14-15-10(2)9-13(17)16-14/h4-7,9H,3,8H2,1-2H3,(H,15,16,17). The van der Waals surface area contributed by atoms with Gasteiger partial charge in [0.25, 0.3) is 0 Å². The van der Waals surface area contributed by atoms with Crippen molar-refractivity contribution in [2.45, 2.75) is 20.3 Å². The lowest BCUT2D eigenvalue weighted by Gasteiger charge is -2.10. The average Bonchev–Trinajstić information content (AvgIpc) is 2.35. The quantitative estimate of drug-likeness (QED) is 0.898. The van der Waals surface area contributed by atoms with E-state index in [1.54, 1.807) is 0 Å². The number of hydrogen-bond acceptors (Lipinski definition) is 4. The van der Waals surface area contributed by atoms with E-state index in [2.05, 4.69) is 16.9 Å². The Labute approximate surface area is 106 Å². The van der Waals surface area contributed by atoms with Gasteiger partial charge in [0.2, 0.25) is 5.88 Å². The summed E-state index contributed by atoms with van der Waals surface area (Å²) in [7, 11) is 0. The highest BCUT2D eigenvalue weighted by Gasteiger charge is 2.10. The molecule has 94 valence electrons. The van der Waals surface area contributed by atoms with Gasteiger partial charge in [-0.3, -0.25) is 0 Å². The van der Waals surface area contributed by atoms with Gasteiger partial charge in [-0.15, -0.1) is 0 Å². The molecule has 2 rings (SSSR count). The van der Waals surface area contributed by atoms with E-state index in [1.165, 1.54) is 6.07 Å². The summed E-state index contributed by atoms with van der Waals surface area (Å²) < 4.78 is 5.66. The maximum atomic E-state index is 9.53. The van der Waals surface area contributed by atoms with Crippen molar-refractivity contribution in [3.63, 3.8) is 0 Å². The first kappa shape index (κ1) is 12.4. The summed E-state index contributed by atoms with van der Waals surface area (Å²) in [4.78, 5) is 8.36. The Kier molecular flexibility index (Phi) is 3.77. The van der Waals surface area contributed by atoms with Gasteiger partial charge in [0.1, 0.15) is 5.75 Å². The molecule has 1 aromatic heterocycles. The molecular formula is C14H16N2O2. The first-order chi connectivity index (χ1) is 8.70. The van der Waals surface area contributed by atoms with Crippen LogP contribution >= 0.6 is 0 Å². The van der Waals surface area contributed by atoms with Gasteiger partial charge in [0, 0.05) is 11.8 Å². The van der Waals surface area contributed by atoms with Gasteiger partial charge < -0.3 is 9.84 Å². The van der Waals surface area contributed by atoms with Crippen LogP contribution < -0.4 is 4.74 Å². The Morgan fingerprint density at radius 1 is 1.22 bits per heavy atom. The van der Waals surface area contributed by atoms with Crippen molar-refractivity contribution in [2.24, 2.45) is 0 Å². The number of aromatic hydroxyl groups is 1. The second-order valence-electron chi connectivity index (χ2n) is 4.04. The van der Waals surface area contributed by atoms with E-state index < -0.39 is 0 Å². The molecule has 0 spiro atoms. The van der Waals surface area contributed by atoms with E-state index >= 15 is 0 Å². The third-order valence-electron chi connectivity index (χ3n) is 2.43. The highest BCUT2D eigenvalue weighted by atomic mass is 16.5. The van der Waals surface area contributed by atoms with Crippen LogP contribution in [0.15, 0.2) is 30.3 Å². The number of para-hydroxylation sites is 1. The first-order valence-electron chi connectivity index (χ1n) is 5.97. The van der Waals surface area contributed by atoms with Gasteiger partial charge in [0.05, 0.1) is 12.2 Å². The number of aromatic nitrogens is 2. The number of ether oxygens (including phenoxy) is 1. The Morgan fingerprint density at radius 2 is 2.00 bits per heavy atom. The van der Waals surface area contributed by atoms with Crippen LogP contribution in [0.2, 0.25) is 0 Å². The van der Waals surface area contributed by atoms with E-state index in [0.717, 1.165) is 23.4 Å². The molecule has 0 aliphatic carbocycles. The minimum atomic E-state index is -0.0252. The van der Waals surface area contributed by atoms with E-state index in [0.29, 0.717) is 12.4 Å². The Hall–Kier alpha value is -2.10. The lowest BCUT2D eigenvalue weighted by atomic mass is 10.2. The smallest absolute Gasteiger partial charge is 0.214 e. The third-order valence-corrected chi connectivity index (χ3v) is 2.43. The fraction of sp³-hybridized carbons (Fsp3) is 0.286. The molecule has 4 nitrogen and oxygen atoms in total. The van der Waals surface area contributed by atoms with Crippen molar-refractivity contribution < 1.29 is 9.84 Å². The molecule has 0 fully saturated rings. The summed E-state index contributed by atoms with van der Waals surface area (Å²) in [5, 5.41) is 9.53. The molecule has 0 saturated carbocycles. The van der Waals surface area contributed by atoms with Gasteiger partial charge >= 0.3 is 0 Å². The Balaban J connectivity index is 2.42. The highest BCUT2D eigenvalue weighted by molar-refractivity contribution is 5.64. The molecule has 1 heterocycles. The summed E-state index contributed by atoms with van der Waals surface area (Å²) in [5.74, 6) is 1.20. The second kappa shape index (κ2) is 5.49. The Morgan fingerprint density at radius 3 is 2.72 bits per heavy atom. The first-order valence-corrected chi connectivity index (χ1v) is 5.97. The molecule has 0 amide bonds. The molecule has 0 saturated heterocycles. The van der Waals surface area contributed by atoms with Crippen molar-refractivity contribution in [2.75, 3.05) is 6.61 Å². The molecule has 0 atom stereocenters. The third kappa shape index (κ3) is 2.77. The predicted octanol–water partition coefficient (Wildman–Crippen LogP) is 2.95. The molecule has 1 aromatic carbocycles. The lowest BCUT2D eigenvalue weighted by molar-refractivity contribution is 0.318. The van der Waals surface area contributed by atoms with Crippen LogP contribution in [-0.2, 0) is 0 Å². The normalized spacial score (nSPS) is 10.3. The minimum Gasteiger partial charge on any atom is -0.493 e. The summed E-state index contributed by atoms with van der Waals surface area (Å²) in [6.07, 6.45) is 0.939. The minimum absolute atomic E-state index is 0.0252. The van der Waals surface area contributed by atoms with Gasteiger partial charge in [-0.05, 0) is 25.5 Å². The topological polar surface area (TPSA) is 55.2 Å². The fourth-order valence-electron chi connectivity index (χ4n) is 1.66. The zero-order valence-electron chi connectivity index (χ0n) is 10.6. The van der Waals surface area contributed by atoms with Crippen molar-refractivity contribution >= 4 is 0 Å². The number of hydrogen-bond donors (Lipinski definition) is 1. The molecule has 0 radical (unpaired) electrons. The number of aryl methyl sites for hydroxylation is 1. The number of nitrogens with zero attached hydrogens (tertiary/aromatic N) is 2. The van der Waals surface area contributed by atoms with Crippen LogP contribution in [0, 0.1) is 6.92 Å². The summed E-state index contributed by atoms with van der Waals surface area (Å²) in [6.45, 7) is 4.52. The monoisotopic (exact) mass is 244 g/mol. The van der Waals surface area contributed by atoms with E-state index in [9.17, 15) is 5.11 Å². The van der Waals surface area contributed by atoms with Crippen LogP contribution in [0.1, 0.15) is 19.0 Å². The zero-order valence-corrected chi connectivity index (χ0v) is 10.6. The van der Waals surface area contributed by atoms with Crippen molar-refractivity contribution in [3.05, 3.63) is 36.0 Å². The van der Waals surface area contributed by atoms with Gasteiger partial charge in [0.15, 0.2) is 5.82 Å². The molecule has 1 N–H and O–H groups in total. The highest BCUT2D eigenvalue weighted by Crippen LogP contribution is 2.28. The van der Waals surface area contributed by atoms with Gasteiger partial charge in [-0.1, -0.05) is 19.1 Å². The fourth-order valence-corrected chi connectivity index (χ4v) is 1.66. The SMILES string of the molecule is CCCOc1ccccc1-c1nc(C)cc(O)n1. The van der Waals surface area contributed by atoms with Crippen molar-refractivity contribution in [3.8, 4) is 23.0 Å². The van der Waals surface area contributed by atoms with Crippen LogP contribution in [0.4, 0.5) is 0 Å². The largest absolute Gasteiger partial charge is 0.493 e. The van der Waals surface area contributed by atoms with Gasteiger partial charge in [-0.25, -0.2) is 4.98 Å². The molecule has 18 heavy (non-hydrogen) atoms. The number of benzene rings is 1. The molecule has 4 heteroatoms. The van der Waals surface area contributed by atoms with Crippen LogP contribution in [0.3, 0.4) is 0 Å². The zero-order chi connectivity index (χ0) is 13.0. The maximum absolute atomic E-state index is 9.53. The summed E-state index contributed by atoms with van der Waals surface area (Å²) >= 11 is 0. The van der Waals surface area contributed by atoms with Crippen LogP contribution in [0.5, 0.6) is 11.6 Å². The number of rotatable bonds is 4. The molecule has 0 aliphatic heterocycles. The van der Waals surface area contributed by atoms with E-state index in [-0.39, 0.29) is 5.88 Å². The van der Waals surface area contributed by atoms with Crippen molar-refractivity contribution in [1.29, 1.82) is 0 Å². The van der Waals surface area contributed by atoms with Crippen LogP contribution in [0.25, 0.3) is 11.4 Å². The average molecular weight is 244 g/mol. The molecule has 0 aliphatic rings. The predicted molar refractivity (Wildman–Crippen MR) is 69.7 cm³/mol. The maximum Gasteiger partial charge on any atom is 0.214 e. The Bertz CT molecular complexity index is 521. The molecule has 0 bridgehead atoms. The summed E-state index contributed by atoms with van der Waals surface area (Å²) in [5.41, 5.74) is 1.52. The van der Waals surface area contributed by atoms with Crippen molar-refractivity contribution in [1.82, 2.24) is 9.97 Å². The molecule has 0 unspecified atom stereocenters. The molecule has 2 aromatic rings. The lowest BCUT2D eigenvalue weighted by Crippen LogP contribution is -1.99.